The molecule has 0 bridgehead atoms. The van der Waals surface area contributed by atoms with E-state index in [0.29, 0.717) is 0 Å². The van der Waals surface area contributed by atoms with Crippen LogP contribution in [0.5, 0.6) is 0 Å². The van der Waals surface area contributed by atoms with Gasteiger partial charge in [-0.3, -0.25) is 0 Å². The maximum atomic E-state index is 15.0. The van der Waals surface area contributed by atoms with Crippen LogP contribution in [-0.4, -0.2) is 39.5 Å². The Balaban J connectivity index is 0.000000254. The standard InChI is InChI=1S/6C6Cl2F3.2Sn/c6*7-4-2(9)1-3(10)5(8)6(4)11;;. The Bertz CT molecular complexity index is 2470. The Hall–Kier alpha value is -0.863. The van der Waals surface area contributed by atoms with Gasteiger partial charge in [-0.05, 0) is 0 Å². The minimum absolute atomic E-state index is 1.51. The van der Waals surface area contributed by atoms with Crippen molar-refractivity contribution in [3.63, 3.8) is 0 Å². The molecule has 0 heterocycles. The summed E-state index contributed by atoms with van der Waals surface area (Å²) in [5.41, 5.74) is 0. The van der Waals surface area contributed by atoms with Crippen molar-refractivity contribution in [1.29, 1.82) is 0 Å². The van der Waals surface area contributed by atoms with Gasteiger partial charge in [0.1, 0.15) is 0 Å². The third-order valence-corrected chi connectivity index (χ3v) is 28.8. The van der Waals surface area contributed by atoms with Crippen molar-refractivity contribution < 1.29 is 79.0 Å². The third-order valence-electron chi connectivity index (χ3n) is 8.76. The van der Waals surface area contributed by atoms with Crippen LogP contribution in [0.1, 0.15) is 0 Å². The summed E-state index contributed by atoms with van der Waals surface area (Å²) in [4.78, 5) is 0. The molecule has 0 amide bonds. The molecule has 0 aliphatic rings. The van der Waals surface area contributed by atoms with Crippen LogP contribution in [0.4, 0.5) is 79.0 Å². The monoisotopic (exact) mass is 1430 g/mol. The Morgan fingerprint density at radius 1 is 0.147 bits per heavy atom. The van der Waals surface area contributed by atoms with E-state index in [1.54, 1.807) is 0 Å². The van der Waals surface area contributed by atoms with Gasteiger partial charge in [-0.1, -0.05) is 0 Å². The minimum atomic E-state index is -5.87. The fourth-order valence-electron chi connectivity index (χ4n) is 5.70. The first kappa shape index (κ1) is 58.0. The van der Waals surface area contributed by atoms with E-state index in [9.17, 15) is 26.3 Å². The summed E-state index contributed by atoms with van der Waals surface area (Å²) < 4.78 is 255. The molecule has 68 heavy (non-hydrogen) atoms. The molecule has 0 atom stereocenters. The second-order valence-electron chi connectivity index (χ2n) is 12.4. The van der Waals surface area contributed by atoms with Crippen LogP contribution < -0.4 is 21.5 Å². The van der Waals surface area contributed by atoms with Gasteiger partial charge >= 0.3 is 444 Å². The van der Waals surface area contributed by atoms with Crippen molar-refractivity contribution in [1.82, 2.24) is 0 Å². The van der Waals surface area contributed by atoms with Crippen LogP contribution in [0.25, 0.3) is 0 Å². The second-order valence-corrected chi connectivity index (χ2v) is 29.8. The zero-order valence-corrected chi connectivity index (χ0v) is 45.1. The molecule has 6 rings (SSSR count). The van der Waals surface area contributed by atoms with Crippen LogP contribution in [0.2, 0.25) is 60.3 Å². The molecule has 0 nitrogen and oxygen atoms in total. The van der Waals surface area contributed by atoms with Crippen molar-refractivity contribution in [2.75, 3.05) is 0 Å². The van der Waals surface area contributed by atoms with E-state index in [0.717, 1.165) is 0 Å². The Morgan fingerprint density at radius 2 is 0.221 bits per heavy atom. The predicted octanol–water partition coefficient (Wildman–Crippen LogP) is 14.8. The van der Waals surface area contributed by atoms with E-state index in [4.69, 9.17) is 139 Å². The number of rotatable bonds is 6. The summed E-state index contributed by atoms with van der Waals surface area (Å²) in [6, 6.07) is 0. The van der Waals surface area contributed by atoms with Gasteiger partial charge in [-0.15, -0.1) is 0 Å². The zero-order valence-electron chi connectivity index (χ0n) is 30.3. The average molecular weight is 1440 g/mol. The molecule has 0 fully saturated rings. The van der Waals surface area contributed by atoms with E-state index < -0.39 is 226 Å². The van der Waals surface area contributed by atoms with E-state index >= 15 is 52.7 Å². The Kier molecular flexibility index (Phi) is 18.7. The van der Waals surface area contributed by atoms with Gasteiger partial charge in [-0.2, -0.15) is 0 Å². The summed E-state index contributed by atoms with van der Waals surface area (Å²) in [7, 11) is 0. The van der Waals surface area contributed by atoms with Crippen molar-refractivity contribution in [3.8, 4) is 0 Å². The maximum absolute atomic E-state index is 15.0. The van der Waals surface area contributed by atoms with Gasteiger partial charge in [-0.25, -0.2) is 0 Å². The number of hydrogen-bond acceptors (Lipinski definition) is 0. The summed E-state index contributed by atoms with van der Waals surface area (Å²) in [5.74, 6) is -35.8. The molecule has 32 heteroatoms. The van der Waals surface area contributed by atoms with Gasteiger partial charge < -0.3 is 0 Å². The summed E-state index contributed by atoms with van der Waals surface area (Å²) in [6.07, 6.45) is 0. The molecule has 362 valence electrons. The topological polar surface area (TPSA) is 0 Å². The second kappa shape index (κ2) is 21.9. The first-order valence-electron chi connectivity index (χ1n) is 16.2. The van der Waals surface area contributed by atoms with Gasteiger partial charge in [0.05, 0.1) is 0 Å². The normalized spacial score (nSPS) is 11.6. The molecule has 6 aromatic rings. The van der Waals surface area contributed by atoms with Crippen LogP contribution in [0, 0.1) is 105 Å². The summed E-state index contributed by atoms with van der Waals surface area (Å²) in [5, 5.41) is -18.2. The zero-order chi connectivity index (χ0) is 51.9. The molecule has 0 spiro atoms. The van der Waals surface area contributed by atoms with Crippen LogP contribution in [0.15, 0.2) is 0 Å². The fourth-order valence-corrected chi connectivity index (χ4v) is 27.0. The number of benzene rings is 6. The Labute approximate surface area is 439 Å². The molecular weight excluding hydrogens is 1440 g/mol. The first-order valence-corrected chi connectivity index (χ1v) is 29.3. The molecule has 0 aliphatic carbocycles. The fraction of sp³-hybridized carbons (Fsp3) is 0. The molecule has 0 unspecified atom stereocenters. The molecule has 0 N–H and O–H groups in total. The van der Waals surface area contributed by atoms with Crippen molar-refractivity contribution in [3.05, 3.63) is 165 Å². The van der Waals surface area contributed by atoms with E-state index in [-0.39, 0.29) is 0 Å². The molecule has 0 saturated heterocycles. The number of halogens is 30. The van der Waals surface area contributed by atoms with Gasteiger partial charge in [0.2, 0.25) is 0 Å². The van der Waals surface area contributed by atoms with Crippen molar-refractivity contribution in [2.45, 2.75) is 0 Å². The van der Waals surface area contributed by atoms with Crippen LogP contribution in [-0.2, 0) is 0 Å². The molecule has 0 aromatic heterocycles. The van der Waals surface area contributed by atoms with Crippen molar-refractivity contribution >= 4 is 200 Å². The molecule has 0 saturated carbocycles. The van der Waals surface area contributed by atoms with Gasteiger partial charge in [0.15, 0.2) is 0 Å². The van der Waals surface area contributed by atoms with Crippen LogP contribution >= 0.6 is 139 Å². The van der Waals surface area contributed by atoms with Gasteiger partial charge in [0.25, 0.3) is 0 Å². The third kappa shape index (κ3) is 9.59. The quantitative estimate of drug-likeness (QED) is 0.0675. The van der Waals surface area contributed by atoms with Crippen molar-refractivity contribution in [2.24, 2.45) is 0 Å². The van der Waals surface area contributed by atoms with E-state index in [1.165, 1.54) is 0 Å². The number of hydrogen-bond donors (Lipinski definition) is 0. The summed E-state index contributed by atoms with van der Waals surface area (Å²) in [6.45, 7) is 0. The average Bonchev–Trinajstić information content (AvgIpc) is 3.31. The van der Waals surface area contributed by atoms with Crippen LogP contribution in [0.3, 0.4) is 0 Å². The first-order chi connectivity index (χ1) is 31.3. The predicted molar refractivity (Wildman–Crippen MR) is 227 cm³/mol. The summed E-state index contributed by atoms with van der Waals surface area (Å²) >= 11 is 53.6. The SMILES string of the molecule is Fc1c(Cl)c(F)[c]([Sn]([c]2c(F)c(Cl)c(F)c(Cl)c2F)[c]2c(F)c(Cl)c(F)c(Cl)c2F)c(F)c1Cl.Fc1c(Cl)c(F)[c]([Sn]([c]2c(F)c(Cl)c(F)c(Cl)c2F)[c]2c(F)c(Cl)c(F)c(Cl)c2F)c(F)c1Cl. The molecule has 0 aliphatic heterocycles. The van der Waals surface area contributed by atoms with E-state index in [1.807, 2.05) is 0 Å². The molecule has 6 aromatic carbocycles. The molecular formula is C36Cl12F18Sn2. The van der Waals surface area contributed by atoms with E-state index in [2.05, 4.69) is 0 Å². The Morgan fingerprint density at radius 3 is 0.294 bits per heavy atom. The van der Waals surface area contributed by atoms with Gasteiger partial charge in [0, 0.05) is 0 Å². The molecule has 2 radical (unpaired) electrons.